The number of hydrogen-bond acceptors (Lipinski definition) is 2. The van der Waals surface area contributed by atoms with Crippen molar-refractivity contribution in [1.29, 1.82) is 0 Å². The molecule has 1 aromatic rings. The monoisotopic (exact) mass is 239 g/mol. The molecule has 1 saturated carbocycles. The van der Waals surface area contributed by atoms with Gasteiger partial charge in [-0.1, -0.05) is 11.6 Å². The number of nitrogens with two attached hydrogens (primary N) is 1. The number of methoxy groups -OCH3 is 1. The quantitative estimate of drug-likeness (QED) is 0.880. The highest BCUT2D eigenvalue weighted by Crippen LogP contribution is 2.40. The Balaban J connectivity index is 2.41. The number of halogens is 1. The van der Waals surface area contributed by atoms with Crippen molar-refractivity contribution in [2.24, 2.45) is 5.73 Å². The van der Waals surface area contributed by atoms with Crippen LogP contribution in [0.5, 0.6) is 5.75 Å². The van der Waals surface area contributed by atoms with E-state index in [0.29, 0.717) is 5.02 Å². The van der Waals surface area contributed by atoms with E-state index in [2.05, 4.69) is 6.92 Å². The molecule has 2 nitrogen and oxygen atoms in total. The van der Waals surface area contributed by atoms with Crippen molar-refractivity contribution in [3.63, 3.8) is 0 Å². The van der Waals surface area contributed by atoms with E-state index in [1.54, 1.807) is 7.11 Å². The molecular weight excluding hydrogens is 222 g/mol. The fourth-order valence-electron chi connectivity index (χ4n) is 2.07. The van der Waals surface area contributed by atoms with Gasteiger partial charge in [0.1, 0.15) is 5.75 Å². The van der Waals surface area contributed by atoms with Gasteiger partial charge in [-0.15, -0.1) is 0 Å². The van der Waals surface area contributed by atoms with Crippen molar-refractivity contribution in [3.8, 4) is 5.75 Å². The van der Waals surface area contributed by atoms with Crippen LogP contribution in [0.1, 0.15) is 29.5 Å². The molecule has 1 aliphatic carbocycles. The van der Waals surface area contributed by atoms with Gasteiger partial charge in [0.15, 0.2) is 0 Å². The Morgan fingerprint density at radius 1 is 1.44 bits per heavy atom. The van der Waals surface area contributed by atoms with Gasteiger partial charge in [-0.2, -0.15) is 0 Å². The smallest absolute Gasteiger partial charge is 0.138 e. The number of hydrogen-bond donors (Lipinski definition) is 1. The van der Waals surface area contributed by atoms with Crippen molar-refractivity contribution in [1.82, 2.24) is 0 Å². The van der Waals surface area contributed by atoms with Gasteiger partial charge in [0, 0.05) is 5.54 Å². The molecule has 0 unspecified atom stereocenters. The highest BCUT2D eigenvalue weighted by molar-refractivity contribution is 6.33. The lowest BCUT2D eigenvalue weighted by molar-refractivity contribution is 0.414. The van der Waals surface area contributed by atoms with Crippen LogP contribution in [0.3, 0.4) is 0 Å². The molecule has 88 valence electrons. The molecule has 3 heteroatoms. The predicted molar refractivity (Wildman–Crippen MR) is 67.3 cm³/mol. The second-order valence-electron chi connectivity index (χ2n) is 4.85. The summed E-state index contributed by atoms with van der Waals surface area (Å²) in [6.07, 6.45) is 3.17. The Bertz CT molecular complexity index is 424. The van der Waals surface area contributed by atoms with Crippen molar-refractivity contribution in [2.45, 2.75) is 38.6 Å². The molecule has 0 aliphatic heterocycles. The van der Waals surface area contributed by atoms with Crippen LogP contribution in [-0.2, 0) is 6.42 Å². The minimum absolute atomic E-state index is 0.0213. The average molecular weight is 240 g/mol. The molecular formula is C13H18ClNO. The van der Waals surface area contributed by atoms with E-state index in [4.69, 9.17) is 22.1 Å². The number of ether oxygens (including phenoxy) is 1. The normalized spacial score (nSPS) is 17.3. The molecule has 0 aromatic heterocycles. The van der Waals surface area contributed by atoms with E-state index < -0.39 is 0 Å². The van der Waals surface area contributed by atoms with Gasteiger partial charge < -0.3 is 10.5 Å². The zero-order chi connectivity index (χ0) is 11.9. The van der Waals surface area contributed by atoms with Crippen LogP contribution in [0.2, 0.25) is 5.02 Å². The summed E-state index contributed by atoms with van der Waals surface area (Å²) in [7, 11) is 1.64. The van der Waals surface area contributed by atoms with E-state index in [1.165, 1.54) is 11.1 Å². The molecule has 2 N–H and O–H groups in total. The zero-order valence-corrected chi connectivity index (χ0v) is 10.8. The lowest BCUT2D eigenvalue weighted by atomic mass is 9.95. The molecule has 0 atom stereocenters. The molecule has 16 heavy (non-hydrogen) atoms. The summed E-state index contributed by atoms with van der Waals surface area (Å²) < 4.78 is 5.24. The first-order valence-electron chi connectivity index (χ1n) is 5.58. The molecule has 1 aromatic carbocycles. The maximum absolute atomic E-state index is 6.25. The average Bonchev–Trinajstić information content (AvgIpc) is 2.97. The summed E-state index contributed by atoms with van der Waals surface area (Å²) in [5, 5.41) is 0.715. The van der Waals surface area contributed by atoms with Crippen molar-refractivity contribution < 1.29 is 4.74 Å². The topological polar surface area (TPSA) is 35.2 Å². The molecule has 0 radical (unpaired) electrons. The van der Waals surface area contributed by atoms with Gasteiger partial charge in [0.25, 0.3) is 0 Å². The molecule has 1 aliphatic rings. The van der Waals surface area contributed by atoms with Crippen molar-refractivity contribution in [3.05, 3.63) is 27.8 Å². The van der Waals surface area contributed by atoms with Crippen LogP contribution in [0.15, 0.2) is 6.07 Å². The third-order valence-corrected chi connectivity index (χ3v) is 3.93. The summed E-state index contributed by atoms with van der Waals surface area (Å²) in [5.74, 6) is 0.752. The Morgan fingerprint density at radius 3 is 2.56 bits per heavy atom. The van der Waals surface area contributed by atoms with E-state index in [-0.39, 0.29) is 5.54 Å². The maximum Gasteiger partial charge on any atom is 0.138 e. The number of benzene rings is 1. The van der Waals surface area contributed by atoms with E-state index in [1.807, 2.05) is 13.0 Å². The fourth-order valence-corrected chi connectivity index (χ4v) is 2.32. The Labute approximate surface area is 102 Å². The summed E-state index contributed by atoms with van der Waals surface area (Å²) >= 11 is 6.25. The van der Waals surface area contributed by atoms with E-state index >= 15 is 0 Å². The second kappa shape index (κ2) is 3.94. The summed E-state index contributed by atoms with van der Waals surface area (Å²) in [5.41, 5.74) is 9.79. The molecule has 0 heterocycles. The number of aryl methyl sites for hydroxylation is 1. The first-order valence-corrected chi connectivity index (χ1v) is 5.96. The van der Waals surface area contributed by atoms with Gasteiger partial charge in [0.2, 0.25) is 0 Å². The Morgan fingerprint density at radius 2 is 2.06 bits per heavy atom. The summed E-state index contributed by atoms with van der Waals surface area (Å²) in [4.78, 5) is 0. The SMILES string of the molecule is COc1cc(C)c(CC2(N)CC2)c(C)c1Cl. The molecule has 0 bridgehead atoms. The molecule has 2 rings (SSSR count). The van der Waals surface area contributed by atoms with Crippen LogP contribution in [-0.4, -0.2) is 12.6 Å². The largest absolute Gasteiger partial charge is 0.495 e. The van der Waals surface area contributed by atoms with E-state index in [9.17, 15) is 0 Å². The fraction of sp³-hybridized carbons (Fsp3) is 0.538. The third-order valence-electron chi connectivity index (χ3n) is 3.46. The maximum atomic E-state index is 6.25. The molecule has 0 spiro atoms. The zero-order valence-electron chi connectivity index (χ0n) is 10.1. The number of rotatable bonds is 3. The molecule has 1 fully saturated rings. The van der Waals surface area contributed by atoms with Crippen LogP contribution < -0.4 is 10.5 Å². The van der Waals surface area contributed by atoms with Crippen LogP contribution in [0.25, 0.3) is 0 Å². The van der Waals surface area contributed by atoms with E-state index in [0.717, 1.165) is 30.6 Å². The third kappa shape index (κ3) is 2.04. The van der Waals surface area contributed by atoms with Gasteiger partial charge in [-0.25, -0.2) is 0 Å². The van der Waals surface area contributed by atoms with Gasteiger partial charge in [-0.3, -0.25) is 0 Å². The lowest BCUT2D eigenvalue weighted by Gasteiger charge is -2.17. The first-order chi connectivity index (χ1) is 7.47. The minimum atomic E-state index is 0.0213. The Hall–Kier alpha value is -0.730. The molecule has 0 amide bonds. The second-order valence-corrected chi connectivity index (χ2v) is 5.23. The van der Waals surface area contributed by atoms with Gasteiger partial charge >= 0.3 is 0 Å². The standard InChI is InChI=1S/C13H18ClNO/c1-8-6-11(16-3)12(14)9(2)10(8)7-13(15)4-5-13/h6H,4-5,7,15H2,1-3H3. The van der Waals surface area contributed by atoms with Crippen LogP contribution >= 0.6 is 11.6 Å². The van der Waals surface area contributed by atoms with Gasteiger partial charge in [0.05, 0.1) is 12.1 Å². The summed E-state index contributed by atoms with van der Waals surface area (Å²) in [6, 6.07) is 2.00. The highest BCUT2D eigenvalue weighted by atomic mass is 35.5. The lowest BCUT2D eigenvalue weighted by Crippen LogP contribution is -2.25. The van der Waals surface area contributed by atoms with Crippen LogP contribution in [0.4, 0.5) is 0 Å². The van der Waals surface area contributed by atoms with Crippen molar-refractivity contribution >= 4 is 11.6 Å². The van der Waals surface area contributed by atoms with Crippen molar-refractivity contribution in [2.75, 3.05) is 7.11 Å². The summed E-state index contributed by atoms with van der Waals surface area (Å²) in [6.45, 7) is 4.13. The predicted octanol–water partition coefficient (Wildman–Crippen LogP) is 3.00. The highest BCUT2D eigenvalue weighted by Gasteiger charge is 2.38. The first kappa shape index (κ1) is 11.7. The Kier molecular flexibility index (Phi) is 2.89. The molecule has 0 saturated heterocycles. The van der Waals surface area contributed by atoms with Gasteiger partial charge in [-0.05, 0) is 55.9 Å². The van der Waals surface area contributed by atoms with Crippen LogP contribution in [0, 0.1) is 13.8 Å². The minimum Gasteiger partial charge on any atom is -0.495 e.